The number of benzene rings is 1. The van der Waals surface area contributed by atoms with E-state index in [4.69, 9.17) is 5.11 Å². The molecule has 0 bridgehead atoms. The Bertz CT molecular complexity index is 724. The molecule has 2 aliphatic rings. The van der Waals surface area contributed by atoms with Crippen LogP contribution in [0.15, 0.2) is 35.4 Å². The summed E-state index contributed by atoms with van der Waals surface area (Å²) in [5, 5.41) is 17.6. The summed E-state index contributed by atoms with van der Waals surface area (Å²) in [6, 6.07) is 9.47. The number of carbonyl (C=O) groups excluding carboxylic acids is 2. The van der Waals surface area contributed by atoms with Crippen LogP contribution in [0, 0.1) is 0 Å². The molecule has 1 saturated carbocycles. The molecule has 0 unspecified atom stereocenters. The summed E-state index contributed by atoms with van der Waals surface area (Å²) in [4.78, 5) is 36.0. The fourth-order valence-corrected chi connectivity index (χ4v) is 3.64. The second-order valence-electron chi connectivity index (χ2n) is 7.00. The van der Waals surface area contributed by atoms with Crippen LogP contribution in [-0.2, 0) is 20.9 Å². The van der Waals surface area contributed by atoms with Crippen molar-refractivity contribution in [2.75, 3.05) is 0 Å². The molecule has 1 aliphatic carbocycles. The zero-order chi connectivity index (χ0) is 18.6. The molecule has 0 aromatic heterocycles. The number of carboxylic acids is 1. The molecule has 3 rings (SSSR count). The van der Waals surface area contributed by atoms with Gasteiger partial charge in [0.2, 0.25) is 5.91 Å². The predicted molar refractivity (Wildman–Crippen MR) is 95.3 cm³/mol. The van der Waals surface area contributed by atoms with Crippen LogP contribution in [0.1, 0.15) is 50.5 Å². The van der Waals surface area contributed by atoms with Gasteiger partial charge >= 0.3 is 5.97 Å². The highest BCUT2D eigenvalue weighted by molar-refractivity contribution is 6.39. The van der Waals surface area contributed by atoms with Crippen molar-refractivity contribution in [2.24, 2.45) is 5.10 Å². The lowest BCUT2D eigenvalue weighted by molar-refractivity contribution is -0.139. The first-order valence-electron chi connectivity index (χ1n) is 8.93. The van der Waals surface area contributed by atoms with E-state index in [0.717, 1.165) is 18.4 Å². The van der Waals surface area contributed by atoms with Crippen LogP contribution in [0.3, 0.4) is 0 Å². The fourth-order valence-electron chi connectivity index (χ4n) is 3.64. The van der Waals surface area contributed by atoms with E-state index >= 15 is 0 Å². The van der Waals surface area contributed by atoms with Crippen molar-refractivity contribution in [3.05, 3.63) is 35.9 Å². The normalized spacial score (nSPS) is 19.2. The Kier molecular flexibility index (Phi) is 5.35. The number of hydrogen-bond donors (Lipinski definition) is 2. The van der Waals surface area contributed by atoms with Crippen LogP contribution in [0.2, 0.25) is 0 Å². The zero-order valence-electron chi connectivity index (χ0n) is 14.6. The van der Waals surface area contributed by atoms with Crippen LogP contribution in [-0.4, -0.2) is 39.1 Å². The molecule has 1 aliphatic heterocycles. The molecule has 0 saturated heterocycles. The molecule has 1 aromatic carbocycles. The standard InChI is InChI=1S/C19H23N3O4/c23-16-9-8-15(21-22(16)13-14-6-2-1-3-7-14)18(26)20-19(12-17(24)25)10-4-5-11-19/h1-3,6-7H,4-5,8-13H2,(H,20,26)(H,24,25). The first-order valence-corrected chi connectivity index (χ1v) is 8.93. The zero-order valence-corrected chi connectivity index (χ0v) is 14.6. The summed E-state index contributed by atoms with van der Waals surface area (Å²) in [5.74, 6) is -1.40. The van der Waals surface area contributed by atoms with Gasteiger partial charge in [-0.1, -0.05) is 43.2 Å². The Labute approximate surface area is 152 Å². The highest BCUT2D eigenvalue weighted by Gasteiger charge is 2.38. The maximum absolute atomic E-state index is 12.7. The van der Waals surface area contributed by atoms with Crippen LogP contribution in [0.5, 0.6) is 0 Å². The molecule has 7 heteroatoms. The van der Waals surface area contributed by atoms with Gasteiger partial charge < -0.3 is 10.4 Å². The van der Waals surface area contributed by atoms with E-state index in [0.29, 0.717) is 19.4 Å². The van der Waals surface area contributed by atoms with E-state index in [1.54, 1.807) is 0 Å². The van der Waals surface area contributed by atoms with Crippen molar-refractivity contribution >= 4 is 23.5 Å². The summed E-state index contributed by atoms with van der Waals surface area (Å²) < 4.78 is 0. The first kappa shape index (κ1) is 18.1. The van der Waals surface area contributed by atoms with Gasteiger partial charge in [0, 0.05) is 12.8 Å². The highest BCUT2D eigenvalue weighted by atomic mass is 16.4. The maximum atomic E-state index is 12.7. The summed E-state index contributed by atoms with van der Waals surface area (Å²) in [7, 11) is 0. The van der Waals surface area contributed by atoms with Crippen molar-refractivity contribution < 1.29 is 19.5 Å². The van der Waals surface area contributed by atoms with Crippen LogP contribution in [0.25, 0.3) is 0 Å². The average molecular weight is 357 g/mol. The fraction of sp³-hybridized carbons (Fsp3) is 0.474. The minimum atomic E-state index is -0.918. The number of carbonyl (C=O) groups is 3. The summed E-state index contributed by atoms with van der Waals surface area (Å²) >= 11 is 0. The lowest BCUT2D eigenvalue weighted by Crippen LogP contribution is -2.51. The van der Waals surface area contributed by atoms with E-state index in [2.05, 4.69) is 10.4 Å². The molecule has 2 N–H and O–H groups in total. The smallest absolute Gasteiger partial charge is 0.305 e. The van der Waals surface area contributed by atoms with Gasteiger partial charge in [-0.25, -0.2) is 5.01 Å². The first-order chi connectivity index (χ1) is 12.5. The minimum absolute atomic E-state index is 0.0846. The lowest BCUT2D eigenvalue weighted by atomic mass is 9.92. The molecule has 0 atom stereocenters. The molecule has 0 spiro atoms. The molecule has 138 valence electrons. The van der Waals surface area contributed by atoms with E-state index in [9.17, 15) is 14.4 Å². The van der Waals surface area contributed by atoms with Gasteiger partial charge in [0.05, 0.1) is 18.5 Å². The third-order valence-electron chi connectivity index (χ3n) is 4.97. The number of amides is 2. The summed E-state index contributed by atoms with van der Waals surface area (Å²) in [5.41, 5.74) is 0.526. The van der Waals surface area contributed by atoms with E-state index in [1.807, 2.05) is 30.3 Å². The molecule has 0 radical (unpaired) electrons. The Morgan fingerprint density at radius 1 is 1.15 bits per heavy atom. The molecule has 7 nitrogen and oxygen atoms in total. The molecular formula is C19H23N3O4. The van der Waals surface area contributed by atoms with Gasteiger partial charge in [0.25, 0.3) is 5.91 Å². The topological polar surface area (TPSA) is 99.1 Å². The number of carboxylic acid groups (broad SMARTS) is 1. The number of aliphatic carboxylic acids is 1. The second-order valence-corrected chi connectivity index (χ2v) is 7.00. The van der Waals surface area contributed by atoms with Crippen molar-refractivity contribution in [1.29, 1.82) is 0 Å². The van der Waals surface area contributed by atoms with Crippen molar-refractivity contribution in [3.8, 4) is 0 Å². The van der Waals surface area contributed by atoms with E-state index in [-0.39, 0.29) is 36.8 Å². The van der Waals surface area contributed by atoms with Crippen molar-refractivity contribution in [2.45, 2.75) is 57.0 Å². The predicted octanol–water partition coefficient (Wildman–Crippen LogP) is 2.07. The van der Waals surface area contributed by atoms with Crippen molar-refractivity contribution in [1.82, 2.24) is 10.3 Å². The summed E-state index contributed by atoms with van der Waals surface area (Å²) in [6.07, 6.45) is 3.54. The quantitative estimate of drug-likeness (QED) is 0.814. The maximum Gasteiger partial charge on any atom is 0.305 e. The van der Waals surface area contributed by atoms with Crippen LogP contribution >= 0.6 is 0 Å². The third kappa shape index (κ3) is 4.28. The van der Waals surface area contributed by atoms with Gasteiger partial charge in [0.15, 0.2) is 0 Å². The van der Waals surface area contributed by atoms with E-state index < -0.39 is 11.5 Å². The molecule has 2 amide bonds. The van der Waals surface area contributed by atoms with E-state index in [1.165, 1.54) is 5.01 Å². The van der Waals surface area contributed by atoms with Gasteiger partial charge in [0.1, 0.15) is 5.71 Å². The molecule has 26 heavy (non-hydrogen) atoms. The van der Waals surface area contributed by atoms with Crippen molar-refractivity contribution in [3.63, 3.8) is 0 Å². The Balaban J connectivity index is 1.72. The molecular weight excluding hydrogens is 334 g/mol. The Morgan fingerprint density at radius 3 is 2.50 bits per heavy atom. The van der Waals surface area contributed by atoms with Gasteiger partial charge in [-0.2, -0.15) is 5.10 Å². The second kappa shape index (κ2) is 7.68. The number of hydrogen-bond acceptors (Lipinski definition) is 4. The average Bonchev–Trinajstić information content (AvgIpc) is 3.05. The SMILES string of the molecule is O=C(O)CC1(NC(=O)C2=NN(Cc3ccccc3)C(=O)CC2)CCCC1. The highest BCUT2D eigenvalue weighted by Crippen LogP contribution is 2.32. The number of nitrogens with one attached hydrogen (secondary N) is 1. The number of nitrogens with zero attached hydrogens (tertiary/aromatic N) is 2. The lowest BCUT2D eigenvalue weighted by Gasteiger charge is -2.30. The minimum Gasteiger partial charge on any atom is -0.481 e. The largest absolute Gasteiger partial charge is 0.481 e. The van der Waals surface area contributed by atoms with Crippen LogP contribution in [0.4, 0.5) is 0 Å². The third-order valence-corrected chi connectivity index (χ3v) is 4.97. The van der Waals surface area contributed by atoms with Gasteiger partial charge in [-0.15, -0.1) is 0 Å². The van der Waals surface area contributed by atoms with Gasteiger partial charge in [-0.05, 0) is 18.4 Å². The Hall–Kier alpha value is -2.70. The number of rotatable bonds is 6. The van der Waals surface area contributed by atoms with Crippen LogP contribution < -0.4 is 5.32 Å². The summed E-state index contributed by atoms with van der Waals surface area (Å²) in [6.45, 7) is 0.316. The molecule has 1 fully saturated rings. The Morgan fingerprint density at radius 2 is 1.85 bits per heavy atom. The monoisotopic (exact) mass is 357 g/mol. The molecule has 1 aromatic rings. The number of hydrazone groups is 1. The molecule has 1 heterocycles. The van der Waals surface area contributed by atoms with Gasteiger partial charge in [-0.3, -0.25) is 14.4 Å².